The van der Waals surface area contributed by atoms with E-state index in [2.05, 4.69) is 0 Å². The lowest BCUT2D eigenvalue weighted by Gasteiger charge is -2.41. The predicted octanol–water partition coefficient (Wildman–Crippen LogP) is 6.05. The van der Waals surface area contributed by atoms with Crippen molar-refractivity contribution in [2.75, 3.05) is 26.2 Å². The van der Waals surface area contributed by atoms with E-state index in [-0.39, 0.29) is 39.0 Å². The van der Waals surface area contributed by atoms with Gasteiger partial charge in [-0.05, 0) is 65.9 Å². The van der Waals surface area contributed by atoms with Crippen LogP contribution in [0.3, 0.4) is 0 Å². The summed E-state index contributed by atoms with van der Waals surface area (Å²) in [5.74, 6) is -2.50. The lowest BCUT2D eigenvalue weighted by molar-refractivity contribution is -0.158. The summed E-state index contributed by atoms with van der Waals surface area (Å²) in [5.41, 5.74) is 6.22. The number of carbonyl (C=O) groups excluding carboxylic acids is 4. The molecule has 1 unspecified atom stereocenters. The van der Waals surface area contributed by atoms with Gasteiger partial charge in [0.05, 0.1) is 25.1 Å². The number of primary amides is 1. The Morgan fingerprint density at radius 1 is 0.872 bits per heavy atom. The standard InChI is InChI=1S/C32H29Cl4F3N4O4/c33-23-7-3-20(25(35)13-23)9-11-41(17-28(40)44)29(45)15-27-31(47)42(12-10-21-4-8-24(34)14-26(21)36)18-30(46)43(27)16-19-1-5-22(6-2-19)32(37,38)39/h1-8,13-14,27H,9-12,15-18H2,(H2,40,44). The lowest BCUT2D eigenvalue weighted by atomic mass is 10.0. The molecule has 0 aromatic heterocycles. The summed E-state index contributed by atoms with van der Waals surface area (Å²) in [6.45, 7) is -0.916. The fourth-order valence-electron chi connectivity index (χ4n) is 5.17. The van der Waals surface area contributed by atoms with Crippen LogP contribution in [-0.4, -0.2) is 70.5 Å². The van der Waals surface area contributed by atoms with E-state index in [0.717, 1.165) is 12.1 Å². The molecule has 4 rings (SSSR count). The van der Waals surface area contributed by atoms with Crippen LogP contribution < -0.4 is 5.73 Å². The Bertz CT molecular complexity index is 1660. The zero-order valence-corrected chi connectivity index (χ0v) is 27.7. The summed E-state index contributed by atoms with van der Waals surface area (Å²) >= 11 is 24.5. The zero-order valence-electron chi connectivity index (χ0n) is 24.7. The third kappa shape index (κ3) is 9.76. The number of hydrogen-bond donors (Lipinski definition) is 1. The molecule has 250 valence electrons. The number of piperazine rings is 1. The van der Waals surface area contributed by atoms with Gasteiger partial charge in [0, 0.05) is 39.7 Å². The minimum Gasteiger partial charge on any atom is -0.368 e. The molecule has 1 atom stereocenters. The minimum absolute atomic E-state index is 0.00959. The summed E-state index contributed by atoms with van der Waals surface area (Å²) in [4.78, 5) is 56.6. The molecule has 1 heterocycles. The number of rotatable bonds is 12. The molecule has 3 aromatic carbocycles. The molecule has 1 fully saturated rings. The van der Waals surface area contributed by atoms with Crippen molar-refractivity contribution in [1.29, 1.82) is 0 Å². The maximum atomic E-state index is 13.9. The maximum absolute atomic E-state index is 13.9. The van der Waals surface area contributed by atoms with E-state index >= 15 is 0 Å². The quantitative estimate of drug-likeness (QED) is 0.245. The van der Waals surface area contributed by atoms with Crippen LogP contribution in [0.5, 0.6) is 0 Å². The number of nitrogens with two attached hydrogens (primary N) is 1. The van der Waals surface area contributed by atoms with E-state index < -0.39 is 54.4 Å². The topological polar surface area (TPSA) is 104 Å². The van der Waals surface area contributed by atoms with Crippen LogP contribution in [-0.2, 0) is 44.7 Å². The Morgan fingerprint density at radius 3 is 1.98 bits per heavy atom. The van der Waals surface area contributed by atoms with Crippen molar-refractivity contribution < 1.29 is 32.3 Å². The number of benzene rings is 3. The molecular weight excluding hydrogens is 703 g/mol. The first-order chi connectivity index (χ1) is 22.1. The van der Waals surface area contributed by atoms with Crippen LogP contribution in [0.1, 0.15) is 28.7 Å². The molecule has 15 heteroatoms. The smallest absolute Gasteiger partial charge is 0.368 e. The predicted molar refractivity (Wildman–Crippen MR) is 173 cm³/mol. The zero-order chi connectivity index (χ0) is 34.5. The molecule has 0 radical (unpaired) electrons. The van der Waals surface area contributed by atoms with Gasteiger partial charge in [0.1, 0.15) is 6.04 Å². The van der Waals surface area contributed by atoms with Crippen molar-refractivity contribution >= 4 is 70.0 Å². The lowest BCUT2D eigenvalue weighted by Crippen LogP contribution is -2.61. The van der Waals surface area contributed by atoms with E-state index in [0.29, 0.717) is 36.8 Å². The van der Waals surface area contributed by atoms with Gasteiger partial charge < -0.3 is 20.4 Å². The van der Waals surface area contributed by atoms with Gasteiger partial charge in [-0.3, -0.25) is 19.2 Å². The average molecular weight is 732 g/mol. The second-order valence-electron chi connectivity index (χ2n) is 10.9. The SMILES string of the molecule is NC(=O)CN(CCc1ccc(Cl)cc1Cl)C(=O)CC1C(=O)N(CCc2ccc(Cl)cc2Cl)CC(=O)N1Cc1ccc(C(F)(F)F)cc1. The molecule has 1 aliphatic heterocycles. The van der Waals surface area contributed by atoms with Crippen molar-refractivity contribution in [3.8, 4) is 0 Å². The molecular formula is C32H29Cl4F3N4O4. The van der Waals surface area contributed by atoms with E-state index in [4.69, 9.17) is 52.1 Å². The van der Waals surface area contributed by atoms with E-state index in [9.17, 15) is 32.3 Å². The van der Waals surface area contributed by atoms with Crippen LogP contribution in [0.15, 0.2) is 60.7 Å². The molecule has 0 spiro atoms. The number of amides is 4. The molecule has 1 aliphatic rings. The third-order valence-corrected chi connectivity index (χ3v) is 8.83. The van der Waals surface area contributed by atoms with Crippen molar-refractivity contribution in [3.05, 3.63) is 103 Å². The highest BCUT2D eigenvalue weighted by molar-refractivity contribution is 6.35. The Hall–Kier alpha value is -3.51. The first-order valence-corrected chi connectivity index (χ1v) is 15.8. The molecule has 2 N–H and O–H groups in total. The van der Waals surface area contributed by atoms with Crippen LogP contribution >= 0.6 is 46.4 Å². The molecule has 3 aromatic rings. The Balaban J connectivity index is 1.58. The number of carbonyl (C=O) groups is 4. The highest BCUT2D eigenvalue weighted by Gasteiger charge is 2.41. The Morgan fingerprint density at radius 2 is 1.45 bits per heavy atom. The highest BCUT2D eigenvalue weighted by atomic mass is 35.5. The van der Waals surface area contributed by atoms with Crippen molar-refractivity contribution in [2.24, 2.45) is 5.73 Å². The number of alkyl halides is 3. The second-order valence-corrected chi connectivity index (χ2v) is 12.6. The van der Waals surface area contributed by atoms with Gasteiger partial charge in [-0.2, -0.15) is 13.2 Å². The number of hydrogen-bond acceptors (Lipinski definition) is 4. The maximum Gasteiger partial charge on any atom is 0.416 e. The van der Waals surface area contributed by atoms with E-state index in [1.54, 1.807) is 30.3 Å². The largest absolute Gasteiger partial charge is 0.416 e. The minimum atomic E-state index is -4.56. The summed E-state index contributed by atoms with van der Waals surface area (Å²) in [6.07, 6.45) is -4.55. The van der Waals surface area contributed by atoms with E-state index in [1.807, 2.05) is 0 Å². The average Bonchev–Trinajstić information content (AvgIpc) is 2.99. The van der Waals surface area contributed by atoms with Gasteiger partial charge in [0.15, 0.2) is 0 Å². The van der Waals surface area contributed by atoms with Crippen molar-refractivity contribution in [2.45, 2.75) is 38.0 Å². The molecule has 0 saturated carbocycles. The molecule has 4 amide bonds. The molecule has 0 bridgehead atoms. The Labute approximate surface area is 289 Å². The first-order valence-electron chi connectivity index (χ1n) is 14.3. The molecule has 8 nitrogen and oxygen atoms in total. The van der Waals surface area contributed by atoms with Gasteiger partial charge in [0.2, 0.25) is 23.6 Å². The second kappa shape index (κ2) is 15.6. The van der Waals surface area contributed by atoms with Gasteiger partial charge in [-0.1, -0.05) is 70.7 Å². The van der Waals surface area contributed by atoms with Gasteiger partial charge in [-0.25, -0.2) is 0 Å². The van der Waals surface area contributed by atoms with Crippen LogP contribution in [0.25, 0.3) is 0 Å². The summed E-state index contributed by atoms with van der Waals surface area (Å²) in [7, 11) is 0. The highest BCUT2D eigenvalue weighted by Crippen LogP contribution is 2.30. The molecule has 1 saturated heterocycles. The Kier molecular flexibility index (Phi) is 12.1. The summed E-state index contributed by atoms with van der Waals surface area (Å²) in [5, 5.41) is 1.59. The monoisotopic (exact) mass is 730 g/mol. The van der Waals surface area contributed by atoms with Crippen LogP contribution in [0.4, 0.5) is 13.2 Å². The summed E-state index contributed by atoms with van der Waals surface area (Å²) in [6, 6.07) is 12.6. The fourth-order valence-corrected chi connectivity index (χ4v) is 6.17. The van der Waals surface area contributed by atoms with Crippen LogP contribution in [0.2, 0.25) is 20.1 Å². The van der Waals surface area contributed by atoms with Crippen molar-refractivity contribution in [1.82, 2.24) is 14.7 Å². The normalized spacial score (nSPS) is 15.3. The van der Waals surface area contributed by atoms with E-state index in [1.165, 1.54) is 32.9 Å². The van der Waals surface area contributed by atoms with Gasteiger partial charge in [0.25, 0.3) is 0 Å². The van der Waals surface area contributed by atoms with Crippen molar-refractivity contribution in [3.63, 3.8) is 0 Å². The third-order valence-electron chi connectivity index (χ3n) is 7.65. The number of halogens is 7. The molecule has 0 aliphatic carbocycles. The first kappa shape index (κ1) is 36.3. The van der Waals surface area contributed by atoms with Gasteiger partial charge in [-0.15, -0.1) is 0 Å². The number of nitrogens with zero attached hydrogens (tertiary/aromatic N) is 3. The fraction of sp³-hybridized carbons (Fsp3) is 0.312. The van der Waals surface area contributed by atoms with Gasteiger partial charge >= 0.3 is 6.18 Å². The van der Waals surface area contributed by atoms with Crippen LogP contribution in [0, 0.1) is 0 Å². The molecule has 47 heavy (non-hydrogen) atoms. The summed E-state index contributed by atoms with van der Waals surface area (Å²) < 4.78 is 39.4.